The molecule has 144 valence electrons. The number of fused-ring (bicyclic) bond motifs is 1. The van der Waals surface area contributed by atoms with Crippen LogP contribution in [0.4, 0.5) is 0 Å². The average molecular weight is 378 g/mol. The third-order valence-corrected chi connectivity index (χ3v) is 5.19. The monoisotopic (exact) mass is 378 g/mol. The van der Waals surface area contributed by atoms with Gasteiger partial charge >= 0.3 is 5.97 Å². The summed E-state index contributed by atoms with van der Waals surface area (Å²) in [7, 11) is 0. The van der Waals surface area contributed by atoms with E-state index >= 15 is 0 Å². The second-order valence-electron chi connectivity index (χ2n) is 6.87. The lowest BCUT2D eigenvalue weighted by Gasteiger charge is -2.14. The number of aryl methyl sites for hydroxylation is 1. The summed E-state index contributed by atoms with van der Waals surface area (Å²) in [4.78, 5) is 41.0. The van der Waals surface area contributed by atoms with E-state index in [1.165, 1.54) is 10.8 Å². The van der Waals surface area contributed by atoms with Gasteiger partial charge in [-0.05, 0) is 68.1 Å². The molecule has 0 radical (unpaired) electrons. The van der Waals surface area contributed by atoms with Crippen LogP contribution in [0.3, 0.4) is 0 Å². The van der Waals surface area contributed by atoms with Gasteiger partial charge in [-0.15, -0.1) is 0 Å². The van der Waals surface area contributed by atoms with Crippen molar-refractivity contribution in [2.24, 2.45) is 0 Å². The number of carbonyl (C=O) groups excluding carboxylic acids is 2. The van der Waals surface area contributed by atoms with Crippen LogP contribution in [0.25, 0.3) is 11.0 Å². The second-order valence-corrected chi connectivity index (χ2v) is 6.87. The third-order valence-electron chi connectivity index (χ3n) is 5.19. The number of benzene rings is 2. The second kappa shape index (κ2) is 7.76. The van der Waals surface area contributed by atoms with Crippen LogP contribution in [0, 0.1) is 27.7 Å². The molecule has 1 aromatic heterocycles. The van der Waals surface area contributed by atoms with E-state index < -0.39 is 11.5 Å². The van der Waals surface area contributed by atoms with E-state index in [0.717, 1.165) is 22.3 Å². The minimum atomic E-state index is -0.648. The van der Waals surface area contributed by atoms with E-state index in [-0.39, 0.29) is 18.9 Å². The zero-order chi connectivity index (χ0) is 20.4. The van der Waals surface area contributed by atoms with Crippen LogP contribution in [0.15, 0.2) is 41.3 Å². The average Bonchev–Trinajstić information content (AvgIpc) is 2.69. The van der Waals surface area contributed by atoms with Gasteiger partial charge in [0.1, 0.15) is 6.54 Å². The molecule has 0 bridgehead atoms. The van der Waals surface area contributed by atoms with Crippen molar-refractivity contribution in [2.75, 3.05) is 6.61 Å². The Bertz CT molecular complexity index is 1150. The van der Waals surface area contributed by atoms with E-state index in [1.807, 2.05) is 33.8 Å². The molecule has 6 heteroatoms. The highest BCUT2D eigenvalue weighted by Gasteiger charge is 2.16. The highest BCUT2D eigenvalue weighted by molar-refractivity contribution is 5.99. The van der Waals surface area contributed by atoms with Crippen molar-refractivity contribution in [3.63, 3.8) is 0 Å². The number of nitrogens with zero attached hydrogens (tertiary/aromatic N) is 2. The number of esters is 1. The molecule has 0 unspecified atom stereocenters. The largest absolute Gasteiger partial charge is 0.456 e. The first-order valence-corrected chi connectivity index (χ1v) is 9.00. The molecule has 2 aromatic carbocycles. The molecule has 0 fully saturated rings. The standard InChI is InChI=1S/C22H22N2O4/c1-13-9-17(16(4)15(3)14(13)2)20(25)12-28-22(27)11-24-19-8-6-5-7-18(19)23-10-21(24)26/h5-10H,11-12H2,1-4H3. The van der Waals surface area contributed by atoms with Gasteiger partial charge in [0.05, 0.1) is 17.2 Å². The fourth-order valence-corrected chi connectivity index (χ4v) is 3.18. The number of ketones is 1. The number of rotatable bonds is 5. The number of ether oxygens (including phenoxy) is 1. The summed E-state index contributed by atoms with van der Waals surface area (Å²) in [5.74, 6) is -0.908. The predicted molar refractivity (Wildman–Crippen MR) is 107 cm³/mol. The smallest absolute Gasteiger partial charge is 0.326 e. The number of aromatic nitrogens is 2. The first-order valence-electron chi connectivity index (χ1n) is 9.00. The molecule has 6 nitrogen and oxygen atoms in total. The molecule has 0 atom stereocenters. The Morgan fingerprint density at radius 2 is 1.75 bits per heavy atom. The van der Waals surface area contributed by atoms with Crippen LogP contribution < -0.4 is 5.56 Å². The first kappa shape index (κ1) is 19.5. The SMILES string of the molecule is Cc1cc(C(=O)COC(=O)Cn2c(=O)cnc3ccccc32)c(C)c(C)c1C. The summed E-state index contributed by atoms with van der Waals surface area (Å²) >= 11 is 0. The Balaban J connectivity index is 1.75. The van der Waals surface area contributed by atoms with Gasteiger partial charge < -0.3 is 4.74 Å². The highest BCUT2D eigenvalue weighted by Crippen LogP contribution is 2.21. The zero-order valence-corrected chi connectivity index (χ0v) is 16.4. The number of hydrogen-bond donors (Lipinski definition) is 0. The summed E-state index contributed by atoms with van der Waals surface area (Å²) in [6, 6.07) is 8.86. The lowest BCUT2D eigenvalue weighted by atomic mass is 9.93. The maximum absolute atomic E-state index is 12.6. The number of hydrogen-bond acceptors (Lipinski definition) is 5. The van der Waals surface area contributed by atoms with Crippen molar-refractivity contribution in [2.45, 2.75) is 34.2 Å². The van der Waals surface area contributed by atoms with Gasteiger partial charge in [0, 0.05) is 5.56 Å². The normalized spacial score (nSPS) is 10.9. The molecule has 0 spiro atoms. The minimum absolute atomic E-state index is 0.260. The Hall–Kier alpha value is -3.28. The molecular formula is C22H22N2O4. The van der Waals surface area contributed by atoms with E-state index in [0.29, 0.717) is 16.6 Å². The molecule has 0 aliphatic heterocycles. The van der Waals surface area contributed by atoms with Gasteiger partial charge in [0.15, 0.2) is 6.61 Å². The van der Waals surface area contributed by atoms with Crippen molar-refractivity contribution < 1.29 is 14.3 Å². The summed E-state index contributed by atoms with van der Waals surface area (Å²) < 4.78 is 6.45. The van der Waals surface area contributed by atoms with E-state index in [2.05, 4.69) is 4.98 Å². The van der Waals surface area contributed by atoms with Gasteiger partial charge in [-0.2, -0.15) is 0 Å². The fraction of sp³-hybridized carbons (Fsp3) is 0.273. The Labute approximate surface area is 162 Å². The maximum atomic E-state index is 12.6. The number of Topliss-reactive ketones (excluding diaryl/α,β-unsaturated/α-hetero) is 1. The highest BCUT2D eigenvalue weighted by atomic mass is 16.5. The molecule has 28 heavy (non-hydrogen) atoms. The quantitative estimate of drug-likeness (QED) is 0.504. The van der Waals surface area contributed by atoms with Crippen LogP contribution in [-0.4, -0.2) is 27.9 Å². The maximum Gasteiger partial charge on any atom is 0.326 e. The topological polar surface area (TPSA) is 78.3 Å². The molecule has 0 aliphatic carbocycles. The van der Waals surface area contributed by atoms with Crippen LogP contribution in [0.5, 0.6) is 0 Å². The van der Waals surface area contributed by atoms with Crippen LogP contribution in [0.1, 0.15) is 32.6 Å². The molecule has 3 aromatic rings. The van der Waals surface area contributed by atoms with Crippen molar-refractivity contribution in [1.82, 2.24) is 9.55 Å². The fourth-order valence-electron chi connectivity index (χ4n) is 3.18. The van der Waals surface area contributed by atoms with Gasteiger partial charge in [-0.1, -0.05) is 12.1 Å². The number of carbonyl (C=O) groups is 2. The van der Waals surface area contributed by atoms with E-state index in [4.69, 9.17) is 4.74 Å². The first-order chi connectivity index (χ1) is 13.3. The Morgan fingerprint density at radius 1 is 1.04 bits per heavy atom. The molecule has 3 rings (SSSR count). The van der Waals surface area contributed by atoms with Gasteiger partial charge in [-0.3, -0.25) is 19.0 Å². The molecule has 1 heterocycles. The summed E-state index contributed by atoms with van der Waals surface area (Å²) in [6.45, 7) is 7.19. The van der Waals surface area contributed by atoms with Crippen LogP contribution >= 0.6 is 0 Å². The van der Waals surface area contributed by atoms with Crippen LogP contribution in [-0.2, 0) is 16.1 Å². The lowest BCUT2D eigenvalue weighted by Crippen LogP contribution is -2.27. The summed E-state index contributed by atoms with van der Waals surface area (Å²) in [5.41, 5.74) is 5.42. The molecule has 0 saturated heterocycles. The lowest BCUT2D eigenvalue weighted by molar-refractivity contribution is -0.143. The van der Waals surface area contributed by atoms with Crippen LogP contribution in [0.2, 0.25) is 0 Å². The van der Waals surface area contributed by atoms with Crippen molar-refractivity contribution in [1.29, 1.82) is 0 Å². The van der Waals surface area contributed by atoms with E-state index in [9.17, 15) is 14.4 Å². The van der Waals surface area contributed by atoms with Crippen molar-refractivity contribution in [3.05, 3.63) is 74.7 Å². The Morgan fingerprint density at radius 3 is 2.50 bits per heavy atom. The van der Waals surface area contributed by atoms with Gasteiger partial charge in [0.25, 0.3) is 5.56 Å². The summed E-state index contributed by atoms with van der Waals surface area (Å²) in [5, 5.41) is 0. The molecule has 0 saturated carbocycles. The molecular weight excluding hydrogens is 356 g/mol. The summed E-state index contributed by atoms with van der Waals surface area (Å²) in [6.07, 6.45) is 1.17. The van der Waals surface area contributed by atoms with Gasteiger partial charge in [-0.25, -0.2) is 4.98 Å². The number of para-hydroxylation sites is 2. The van der Waals surface area contributed by atoms with E-state index in [1.54, 1.807) is 24.3 Å². The third kappa shape index (κ3) is 3.71. The minimum Gasteiger partial charge on any atom is -0.456 e. The molecule has 0 aliphatic rings. The zero-order valence-electron chi connectivity index (χ0n) is 16.4. The van der Waals surface area contributed by atoms with Crippen molar-refractivity contribution in [3.8, 4) is 0 Å². The van der Waals surface area contributed by atoms with Crippen molar-refractivity contribution >= 4 is 22.8 Å². The predicted octanol–water partition coefficient (Wildman–Crippen LogP) is 3.06. The van der Waals surface area contributed by atoms with Gasteiger partial charge in [0.2, 0.25) is 5.78 Å². The Kier molecular flexibility index (Phi) is 5.40. The molecule has 0 amide bonds. The molecule has 0 N–H and O–H groups in total.